The zero-order valence-corrected chi connectivity index (χ0v) is 7.56. The average Bonchev–Trinajstić information content (AvgIpc) is 2.06. The van der Waals surface area contributed by atoms with Gasteiger partial charge in [-0.25, -0.2) is 0 Å². The van der Waals surface area contributed by atoms with E-state index in [1.165, 1.54) is 12.1 Å². The molecule has 0 saturated heterocycles. The summed E-state index contributed by atoms with van der Waals surface area (Å²) >= 11 is 5.45. The maximum atomic E-state index is 11.8. The van der Waals surface area contributed by atoms with E-state index in [0.717, 1.165) is 6.07 Å². The molecule has 0 atom stereocenters. The highest BCUT2D eigenvalue weighted by Crippen LogP contribution is 2.30. The smallest absolute Gasteiger partial charge is 0.404 e. The van der Waals surface area contributed by atoms with Gasteiger partial charge < -0.3 is 9.84 Å². The summed E-state index contributed by atoms with van der Waals surface area (Å²) in [6, 6.07) is 3.68. The van der Waals surface area contributed by atoms with Gasteiger partial charge in [0.25, 0.3) is 0 Å². The Kier molecular flexibility index (Phi) is 3.23. The number of ether oxygens (including phenoxy) is 1. The van der Waals surface area contributed by atoms with Crippen LogP contribution in [0.25, 0.3) is 0 Å². The Morgan fingerprint density at radius 3 is 2.50 bits per heavy atom. The molecule has 0 spiro atoms. The van der Waals surface area contributed by atoms with E-state index in [0.29, 0.717) is 5.56 Å². The second-order valence-corrected chi connectivity index (χ2v) is 2.88. The number of benzene rings is 1. The average molecular weight is 227 g/mol. The molecular formula is C8H6ClF3O2. The van der Waals surface area contributed by atoms with Crippen molar-refractivity contribution in [2.75, 3.05) is 0 Å². The van der Waals surface area contributed by atoms with E-state index >= 15 is 0 Å². The molecule has 14 heavy (non-hydrogen) atoms. The highest BCUT2D eigenvalue weighted by molar-refractivity contribution is 6.32. The fourth-order valence-corrected chi connectivity index (χ4v) is 1.01. The largest absolute Gasteiger partial charge is 0.573 e. The quantitative estimate of drug-likeness (QED) is 0.840. The van der Waals surface area contributed by atoms with Gasteiger partial charge in [0.1, 0.15) is 5.75 Å². The van der Waals surface area contributed by atoms with Gasteiger partial charge in [-0.15, -0.1) is 13.2 Å². The minimum atomic E-state index is -4.78. The van der Waals surface area contributed by atoms with Crippen molar-refractivity contribution in [3.05, 3.63) is 28.8 Å². The lowest BCUT2D eigenvalue weighted by Crippen LogP contribution is -2.17. The van der Waals surface area contributed by atoms with Crippen molar-refractivity contribution in [3.63, 3.8) is 0 Å². The predicted octanol–water partition coefficient (Wildman–Crippen LogP) is 2.73. The van der Waals surface area contributed by atoms with Crippen LogP contribution in [-0.4, -0.2) is 11.5 Å². The van der Waals surface area contributed by atoms with E-state index in [2.05, 4.69) is 4.74 Å². The van der Waals surface area contributed by atoms with E-state index in [9.17, 15) is 13.2 Å². The lowest BCUT2D eigenvalue weighted by atomic mass is 10.2. The zero-order chi connectivity index (χ0) is 10.8. The van der Waals surface area contributed by atoms with Gasteiger partial charge in [-0.05, 0) is 17.7 Å². The molecule has 1 aromatic carbocycles. The van der Waals surface area contributed by atoms with Crippen LogP contribution in [0.15, 0.2) is 18.2 Å². The topological polar surface area (TPSA) is 29.5 Å². The van der Waals surface area contributed by atoms with Crippen LogP contribution in [-0.2, 0) is 6.61 Å². The highest BCUT2D eigenvalue weighted by atomic mass is 35.5. The first kappa shape index (κ1) is 11.1. The number of halogens is 4. The van der Waals surface area contributed by atoms with Crippen molar-refractivity contribution >= 4 is 11.6 Å². The SMILES string of the molecule is OCc1ccc(Cl)c(OC(F)(F)F)c1. The van der Waals surface area contributed by atoms with E-state index < -0.39 is 12.1 Å². The summed E-state index contributed by atoms with van der Waals surface area (Å²) in [5.74, 6) is -0.509. The van der Waals surface area contributed by atoms with E-state index in [-0.39, 0.29) is 11.6 Å². The molecule has 2 nitrogen and oxygen atoms in total. The molecule has 0 aromatic heterocycles. The van der Waals surface area contributed by atoms with Gasteiger partial charge in [-0.2, -0.15) is 0 Å². The molecule has 0 aliphatic heterocycles. The van der Waals surface area contributed by atoms with Crippen molar-refractivity contribution in [1.82, 2.24) is 0 Å². The van der Waals surface area contributed by atoms with Crippen LogP contribution in [0.4, 0.5) is 13.2 Å². The Balaban J connectivity index is 2.95. The molecular weight excluding hydrogens is 221 g/mol. The molecule has 1 aromatic rings. The van der Waals surface area contributed by atoms with E-state index in [4.69, 9.17) is 16.7 Å². The van der Waals surface area contributed by atoms with Crippen LogP contribution >= 0.6 is 11.6 Å². The molecule has 78 valence electrons. The molecule has 1 N–H and O–H groups in total. The molecule has 1 rings (SSSR count). The molecule has 0 aliphatic carbocycles. The van der Waals surface area contributed by atoms with Crippen molar-refractivity contribution in [2.45, 2.75) is 13.0 Å². The fourth-order valence-electron chi connectivity index (χ4n) is 0.849. The van der Waals surface area contributed by atoms with Crippen molar-refractivity contribution in [3.8, 4) is 5.75 Å². The number of aliphatic hydroxyl groups excluding tert-OH is 1. The number of aliphatic hydroxyl groups is 1. The molecule has 0 heterocycles. The van der Waals surface area contributed by atoms with Gasteiger partial charge in [0, 0.05) is 0 Å². The van der Waals surface area contributed by atoms with Crippen LogP contribution in [0.5, 0.6) is 5.75 Å². The third-order valence-corrected chi connectivity index (χ3v) is 1.72. The number of hydrogen-bond donors (Lipinski definition) is 1. The van der Waals surface area contributed by atoms with Gasteiger partial charge in [0.05, 0.1) is 11.6 Å². The summed E-state index contributed by atoms with van der Waals surface area (Å²) in [6.45, 7) is -0.370. The second-order valence-electron chi connectivity index (χ2n) is 2.47. The lowest BCUT2D eigenvalue weighted by Gasteiger charge is -2.10. The first-order valence-corrected chi connectivity index (χ1v) is 3.95. The minimum Gasteiger partial charge on any atom is -0.404 e. The molecule has 0 fully saturated rings. The summed E-state index contributed by atoms with van der Waals surface area (Å²) in [6.07, 6.45) is -4.78. The van der Waals surface area contributed by atoms with Crippen molar-refractivity contribution in [1.29, 1.82) is 0 Å². The van der Waals surface area contributed by atoms with Gasteiger partial charge >= 0.3 is 6.36 Å². The normalized spacial score (nSPS) is 11.5. The third kappa shape index (κ3) is 3.08. The van der Waals surface area contributed by atoms with Crippen LogP contribution in [0, 0.1) is 0 Å². The summed E-state index contributed by atoms with van der Waals surface area (Å²) in [4.78, 5) is 0. The monoisotopic (exact) mass is 226 g/mol. The van der Waals surface area contributed by atoms with Crippen LogP contribution < -0.4 is 4.74 Å². The number of hydrogen-bond acceptors (Lipinski definition) is 2. The fraction of sp³-hybridized carbons (Fsp3) is 0.250. The molecule has 0 saturated carbocycles. The minimum absolute atomic E-state index is 0.153. The van der Waals surface area contributed by atoms with Crippen molar-refractivity contribution in [2.24, 2.45) is 0 Å². The first-order chi connectivity index (χ1) is 6.42. The molecule has 0 bridgehead atoms. The maximum absolute atomic E-state index is 11.8. The Morgan fingerprint density at radius 1 is 1.36 bits per heavy atom. The number of rotatable bonds is 2. The standard InChI is InChI=1S/C8H6ClF3O2/c9-6-2-1-5(4-13)3-7(6)14-8(10,11)12/h1-3,13H,4H2. The summed E-state index contributed by atoms with van der Waals surface area (Å²) in [5, 5.41) is 8.52. The van der Waals surface area contributed by atoms with Crippen LogP contribution in [0.1, 0.15) is 5.56 Å². The Labute approximate surface area is 82.9 Å². The molecule has 0 radical (unpaired) electrons. The second kappa shape index (κ2) is 4.06. The Hall–Kier alpha value is -0.940. The van der Waals surface area contributed by atoms with Crippen molar-refractivity contribution < 1.29 is 23.0 Å². The third-order valence-electron chi connectivity index (χ3n) is 1.40. The highest BCUT2D eigenvalue weighted by Gasteiger charge is 2.32. The van der Waals surface area contributed by atoms with E-state index in [1.807, 2.05) is 0 Å². The summed E-state index contributed by atoms with van der Waals surface area (Å²) in [5.41, 5.74) is 0.300. The summed E-state index contributed by atoms with van der Waals surface area (Å²) < 4.78 is 39.1. The lowest BCUT2D eigenvalue weighted by molar-refractivity contribution is -0.274. The molecule has 0 unspecified atom stereocenters. The first-order valence-electron chi connectivity index (χ1n) is 3.57. The van der Waals surface area contributed by atoms with Gasteiger partial charge in [0.2, 0.25) is 0 Å². The Bertz CT molecular complexity index is 325. The zero-order valence-electron chi connectivity index (χ0n) is 6.81. The van der Waals surface area contributed by atoms with Crippen LogP contribution in [0.3, 0.4) is 0 Å². The van der Waals surface area contributed by atoms with Crippen LogP contribution in [0.2, 0.25) is 5.02 Å². The predicted molar refractivity (Wildman–Crippen MR) is 44.1 cm³/mol. The molecule has 0 aliphatic rings. The van der Waals surface area contributed by atoms with Gasteiger partial charge in [0.15, 0.2) is 0 Å². The van der Waals surface area contributed by atoms with E-state index in [1.54, 1.807) is 0 Å². The Morgan fingerprint density at radius 2 is 2.00 bits per heavy atom. The maximum Gasteiger partial charge on any atom is 0.573 e. The van der Waals surface area contributed by atoms with Gasteiger partial charge in [-0.1, -0.05) is 17.7 Å². The molecule has 0 amide bonds. The summed E-state index contributed by atoms with van der Waals surface area (Å²) in [7, 11) is 0. The van der Waals surface area contributed by atoms with Gasteiger partial charge in [-0.3, -0.25) is 0 Å². The molecule has 6 heteroatoms. The number of alkyl halides is 3.